The number of benzene rings is 6. The Morgan fingerprint density at radius 2 is 0.933 bits per heavy atom. The van der Waals surface area contributed by atoms with Crippen molar-refractivity contribution in [3.8, 4) is 22.3 Å². The molecule has 2 aliphatic heterocycles. The number of aryl methyl sites for hydroxylation is 1. The second kappa shape index (κ2) is 18.3. The molecule has 0 unspecified atom stereocenters. The average Bonchev–Trinajstić information content (AvgIpc) is 3.90. The molecule has 0 saturated carbocycles. The summed E-state index contributed by atoms with van der Waals surface area (Å²) in [5, 5.41) is 20.4. The van der Waals surface area contributed by atoms with Crippen LogP contribution in [0.25, 0.3) is 22.3 Å². The maximum atomic E-state index is 13.5. The molecule has 2 fully saturated rings. The molecule has 2 heterocycles. The van der Waals surface area contributed by atoms with Gasteiger partial charge in [-0.25, -0.2) is 14.0 Å². The summed E-state index contributed by atoms with van der Waals surface area (Å²) in [6.45, 7) is 2.04. The van der Waals surface area contributed by atoms with Crippen molar-refractivity contribution in [3.05, 3.63) is 189 Å². The van der Waals surface area contributed by atoms with Crippen LogP contribution >= 0.6 is 23.2 Å². The molecule has 2 N–H and O–H groups in total. The summed E-state index contributed by atoms with van der Waals surface area (Å²) in [7, 11) is 0. The van der Waals surface area contributed by atoms with Crippen molar-refractivity contribution in [3.63, 3.8) is 0 Å². The van der Waals surface area contributed by atoms with Gasteiger partial charge in [0.2, 0.25) is 0 Å². The van der Waals surface area contributed by atoms with Gasteiger partial charge in [0.05, 0.1) is 12.1 Å². The molecule has 2 saturated heterocycles. The van der Waals surface area contributed by atoms with E-state index in [-0.39, 0.29) is 23.7 Å². The molecule has 6 aromatic rings. The minimum Gasteiger partial charge on any atom is -0.480 e. The first-order chi connectivity index (χ1) is 28.9. The number of hydrogen-bond acceptors (Lipinski definition) is 4. The van der Waals surface area contributed by atoms with Crippen LogP contribution in [0.3, 0.4) is 0 Å². The minimum absolute atomic E-state index is 0.291. The molecule has 60 heavy (non-hydrogen) atoms. The molecule has 2 aliphatic rings. The fourth-order valence-corrected chi connectivity index (χ4v) is 8.70. The minimum atomic E-state index is -1.03. The lowest BCUT2D eigenvalue weighted by Crippen LogP contribution is -2.41. The van der Waals surface area contributed by atoms with Crippen molar-refractivity contribution in [2.45, 2.75) is 56.8 Å². The van der Waals surface area contributed by atoms with Gasteiger partial charge in [-0.15, -0.1) is 0 Å². The number of aliphatic carboxylic acids is 2. The molecular weight excluding hydrogens is 802 g/mol. The Morgan fingerprint density at radius 3 is 1.33 bits per heavy atom. The van der Waals surface area contributed by atoms with Gasteiger partial charge in [-0.1, -0.05) is 126 Å². The first kappa shape index (κ1) is 41.9. The lowest BCUT2D eigenvalue weighted by molar-refractivity contribution is -0.142. The number of likely N-dealkylation sites (tertiary alicyclic amines) is 2. The van der Waals surface area contributed by atoms with E-state index >= 15 is 0 Å². The zero-order valence-electron chi connectivity index (χ0n) is 32.5. The first-order valence-electron chi connectivity index (χ1n) is 19.5. The van der Waals surface area contributed by atoms with E-state index in [4.69, 9.17) is 23.2 Å². The highest BCUT2D eigenvalue weighted by Gasteiger charge is 2.44. The lowest BCUT2D eigenvalue weighted by atomic mass is 10.0. The summed E-state index contributed by atoms with van der Waals surface area (Å²) < 4.78 is 13.5. The largest absolute Gasteiger partial charge is 0.480 e. The molecule has 0 bridgehead atoms. The smallest absolute Gasteiger partial charge is 0.326 e. The van der Waals surface area contributed by atoms with E-state index in [2.05, 4.69) is 6.07 Å². The Morgan fingerprint density at radius 1 is 0.517 bits per heavy atom. The molecule has 0 aromatic heterocycles. The van der Waals surface area contributed by atoms with Crippen LogP contribution in [0.2, 0.25) is 10.0 Å². The van der Waals surface area contributed by atoms with Gasteiger partial charge in [-0.05, 0) is 115 Å². The predicted octanol–water partition coefficient (Wildman–Crippen LogP) is 11.3. The zero-order valence-corrected chi connectivity index (χ0v) is 34.1. The van der Waals surface area contributed by atoms with Crippen LogP contribution in [0, 0.1) is 12.7 Å². The van der Waals surface area contributed by atoms with E-state index in [1.54, 1.807) is 66.7 Å². The number of nitrogens with zero attached hydrogens (tertiary/aromatic N) is 2. The van der Waals surface area contributed by atoms with E-state index in [0.29, 0.717) is 52.4 Å². The molecule has 8 nitrogen and oxygen atoms in total. The number of carboxylic acids is 2. The Hall–Kier alpha value is -6.29. The van der Waals surface area contributed by atoms with Crippen LogP contribution in [0.5, 0.6) is 0 Å². The maximum Gasteiger partial charge on any atom is 0.326 e. The monoisotopic (exact) mass is 842 g/mol. The summed E-state index contributed by atoms with van der Waals surface area (Å²) in [5.41, 5.74) is 7.09. The van der Waals surface area contributed by atoms with Crippen molar-refractivity contribution in [2.75, 3.05) is 0 Å². The average molecular weight is 844 g/mol. The summed E-state index contributed by atoms with van der Waals surface area (Å²) in [6.07, 6.45) is 1.85. The number of hydrogen-bond donors (Lipinski definition) is 2. The third-order valence-corrected chi connectivity index (χ3v) is 11.8. The van der Waals surface area contributed by atoms with Crippen LogP contribution in [0.4, 0.5) is 4.39 Å². The highest BCUT2D eigenvalue weighted by Crippen LogP contribution is 2.42. The third-order valence-electron chi connectivity index (χ3n) is 11.1. The highest BCUT2D eigenvalue weighted by molar-refractivity contribution is 6.31. The summed E-state index contributed by atoms with van der Waals surface area (Å²) in [5.74, 6) is -3.02. The number of halogens is 3. The van der Waals surface area contributed by atoms with Gasteiger partial charge in [-0.3, -0.25) is 9.59 Å². The van der Waals surface area contributed by atoms with Crippen molar-refractivity contribution in [2.24, 2.45) is 0 Å². The van der Waals surface area contributed by atoms with Gasteiger partial charge in [0.1, 0.15) is 17.9 Å². The Kier molecular flexibility index (Phi) is 12.8. The van der Waals surface area contributed by atoms with Gasteiger partial charge < -0.3 is 20.0 Å². The normalized spacial score (nSPS) is 18.4. The Labute approximate surface area is 357 Å². The van der Waals surface area contributed by atoms with E-state index in [1.807, 2.05) is 67.6 Å². The van der Waals surface area contributed by atoms with Gasteiger partial charge in [0.15, 0.2) is 0 Å². The molecule has 11 heteroatoms. The van der Waals surface area contributed by atoms with Gasteiger partial charge in [0, 0.05) is 21.2 Å². The fourth-order valence-electron chi connectivity index (χ4n) is 8.18. The SMILES string of the molecule is Cc1cccc(-c2ccc(C(=O)N3[C@@H](c4ccccc4Cl)CC[C@H]3C(=O)O)cc2)c1.O=C(O)[C@@H]1CC[C@H](c2ccccc2Cl)N1C(=O)c1ccc(-c2cccc(F)c2)cc1. The topological polar surface area (TPSA) is 115 Å². The Balaban J connectivity index is 0.000000181. The second-order valence-electron chi connectivity index (χ2n) is 14.9. The van der Waals surface area contributed by atoms with E-state index in [9.17, 15) is 33.8 Å². The molecule has 8 rings (SSSR count). The summed E-state index contributed by atoms with van der Waals surface area (Å²) in [6, 6.07) is 40.4. The molecule has 304 valence electrons. The Bertz CT molecular complexity index is 2370. The van der Waals surface area contributed by atoms with Crippen LogP contribution in [-0.4, -0.2) is 55.8 Å². The quantitative estimate of drug-likeness (QED) is 0.158. The van der Waals surface area contributed by atoms with E-state index in [0.717, 1.165) is 33.4 Å². The number of rotatable bonds is 8. The van der Waals surface area contributed by atoms with Gasteiger partial charge in [0.25, 0.3) is 11.8 Å². The highest BCUT2D eigenvalue weighted by atomic mass is 35.5. The van der Waals surface area contributed by atoms with Crippen molar-refractivity contribution in [1.29, 1.82) is 0 Å². The number of carbonyl (C=O) groups is 4. The van der Waals surface area contributed by atoms with Crippen LogP contribution < -0.4 is 0 Å². The van der Waals surface area contributed by atoms with E-state index in [1.165, 1.54) is 21.9 Å². The van der Waals surface area contributed by atoms with Crippen molar-refractivity contribution >= 4 is 47.0 Å². The van der Waals surface area contributed by atoms with Crippen molar-refractivity contribution < 1.29 is 33.8 Å². The molecule has 6 aromatic carbocycles. The van der Waals surface area contributed by atoms with Crippen LogP contribution in [0.15, 0.2) is 146 Å². The van der Waals surface area contributed by atoms with Crippen LogP contribution in [-0.2, 0) is 9.59 Å². The number of carbonyl (C=O) groups excluding carboxylic acids is 2. The first-order valence-corrected chi connectivity index (χ1v) is 20.3. The van der Waals surface area contributed by atoms with Crippen LogP contribution in [0.1, 0.15) is 75.2 Å². The predicted molar refractivity (Wildman–Crippen MR) is 230 cm³/mol. The molecule has 0 spiro atoms. The molecule has 0 aliphatic carbocycles. The van der Waals surface area contributed by atoms with Crippen molar-refractivity contribution in [1.82, 2.24) is 9.80 Å². The lowest BCUT2D eigenvalue weighted by Gasteiger charge is -2.29. The number of carboxylic acid groups (broad SMARTS) is 2. The molecular formula is C49H41Cl2FN2O6. The van der Waals surface area contributed by atoms with Gasteiger partial charge in [-0.2, -0.15) is 0 Å². The standard InChI is InChI=1S/C25H22ClNO3.C24H19ClFNO3/c1-16-5-4-6-19(15-16)17-9-11-18(12-10-17)24(28)27-22(13-14-23(27)25(29)30)20-7-2-3-8-21(20)26;25-20-7-2-1-6-19(20)21-12-13-22(24(29)30)27(21)23(28)16-10-8-15(9-11-16)17-4-3-5-18(26)14-17/h2-12,15,22-23H,13-14H2,1H3,(H,29,30);1-11,14,21-22H,12-13H2,(H,29,30)/t22-,23+;21-,22+/m11/s1. The summed E-state index contributed by atoms with van der Waals surface area (Å²) in [4.78, 5) is 53.3. The molecule has 4 atom stereocenters. The zero-order chi connectivity index (χ0) is 42.5. The summed E-state index contributed by atoms with van der Waals surface area (Å²) >= 11 is 12.7. The molecule has 2 amide bonds. The van der Waals surface area contributed by atoms with E-state index < -0.39 is 30.1 Å². The molecule has 0 radical (unpaired) electrons. The number of amides is 2. The second-order valence-corrected chi connectivity index (χ2v) is 15.7. The third kappa shape index (κ3) is 8.98. The fraction of sp³-hybridized carbons (Fsp3) is 0.184. The van der Waals surface area contributed by atoms with Gasteiger partial charge >= 0.3 is 11.9 Å². The maximum absolute atomic E-state index is 13.5.